The van der Waals surface area contributed by atoms with Crippen molar-refractivity contribution in [2.75, 3.05) is 13.2 Å². The Kier molecular flexibility index (Phi) is 73.9. The van der Waals surface area contributed by atoms with Crippen molar-refractivity contribution in [2.45, 2.75) is 328 Å². The molecule has 0 aliphatic carbocycles. The second kappa shape index (κ2) is 78.2. The lowest BCUT2D eigenvalue weighted by molar-refractivity contribution is -0.161. The fourth-order valence-electron chi connectivity index (χ4n) is 10.2. The van der Waals surface area contributed by atoms with Crippen molar-refractivity contribution >= 4 is 11.9 Å². The van der Waals surface area contributed by atoms with Gasteiger partial charge in [0.15, 0.2) is 6.10 Å². The van der Waals surface area contributed by atoms with E-state index in [4.69, 9.17) is 9.47 Å². The molecular weight excluding hydrogens is 1100 g/mol. The monoisotopic (exact) mass is 1240 g/mol. The van der Waals surface area contributed by atoms with Crippen molar-refractivity contribution in [3.63, 3.8) is 0 Å². The van der Waals surface area contributed by atoms with Crippen LogP contribution in [0.5, 0.6) is 0 Å². The fourth-order valence-corrected chi connectivity index (χ4v) is 10.2. The number of allylic oxidation sites excluding steroid dienone is 30. The summed E-state index contributed by atoms with van der Waals surface area (Å²) in [5.41, 5.74) is 0. The number of ether oxygens (including phenoxy) is 2. The smallest absolute Gasteiger partial charge is 0.306 e. The zero-order chi connectivity index (χ0) is 64.7. The van der Waals surface area contributed by atoms with E-state index < -0.39 is 6.10 Å². The second-order valence-corrected chi connectivity index (χ2v) is 24.3. The molecule has 0 aromatic carbocycles. The van der Waals surface area contributed by atoms with Crippen LogP contribution < -0.4 is 0 Å². The van der Waals surface area contributed by atoms with E-state index in [2.05, 4.69) is 196 Å². The molecule has 0 rings (SSSR count). The van der Waals surface area contributed by atoms with Crippen molar-refractivity contribution in [2.24, 2.45) is 0 Å². The first-order valence-electron chi connectivity index (χ1n) is 37.3. The highest BCUT2D eigenvalue weighted by molar-refractivity contribution is 5.70. The summed E-state index contributed by atoms with van der Waals surface area (Å²) in [4.78, 5) is 24.7. The van der Waals surface area contributed by atoms with Gasteiger partial charge in [-0.25, -0.2) is 0 Å². The van der Waals surface area contributed by atoms with Gasteiger partial charge in [-0.05, 0) is 135 Å². The van der Waals surface area contributed by atoms with E-state index in [1.54, 1.807) is 0 Å². The average molecular weight is 1240 g/mol. The molecule has 0 spiro atoms. The van der Waals surface area contributed by atoms with Gasteiger partial charge >= 0.3 is 11.9 Å². The molecule has 0 saturated carbocycles. The maximum Gasteiger partial charge on any atom is 0.306 e. The number of carbonyl (C=O) groups is 2. The zero-order valence-corrected chi connectivity index (χ0v) is 58.3. The van der Waals surface area contributed by atoms with Gasteiger partial charge < -0.3 is 14.6 Å². The van der Waals surface area contributed by atoms with Crippen molar-refractivity contribution in [1.29, 1.82) is 0 Å². The molecule has 0 aliphatic heterocycles. The normalized spacial score (nSPS) is 13.3. The summed E-state index contributed by atoms with van der Waals surface area (Å²) in [5, 5.41) is 9.72. The molecule has 0 aromatic heterocycles. The molecule has 508 valence electrons. The minimum absolute atomic E-state index is 0.0740. The highest BCUT2D eigenvalue weighted by atomic mass is 16.6. The quantitative estimate of drug-likeness (QED) is 0.0373. The molecule has 5 nitrogen and oxygen atoms in total. The van der Waals surface area contributed by atoms with Gasteiger partial charge in [0.25, 0.3) is 0 Å². The lowest BCUT2D eigenvalue weighted by atomic mass is 10.0. The number of aliphatic hydroxyl groups is 1. The zero-order valence-electron chi connectivity index (χ0n) is 58.3. The minimum atomic E-state index is -0.786. The fraction of sp³-hybridized carbons (Fsp3) is 0.624. The van der Waals surface area contributed by atoms with Gasteiger partial charge in [-0.2, -0.15) is 0 Å². The number of rotatable bonds is 67. The van der Waals surface area contributed by atoms with Crippen LogP contribution >= 0.6 is 0 Å². The molecule has 1 unspecified atom stereocenters. The summed E-state index contributed by atoms with van der Waals surface area (Å²) >= 11 is 0. The second-order valence-electron chi connectivity index (χ2n) is 24.3. The maximum atomic E-state index is 12.4. The summed E-state index contributed by atoms with van der Waals surface area (Å²) in [5.74, 6) is -0.594. The summed E-state index contributed by atoms with van der Waals surface area (Å²) in [6.07, 6.45) is 122. The largest absolute Gasteiger partial charge is 0.462 e. The molecule has 0 radical (unpaired) electrons. The number of unbranched alkanes of at least 4 members (excludes halogenated alkanes) is 29. The summed E-state index contributed by atoms with van der Waals surface area (Å²) in [6, 6.07) is 0. The van der Waals surface area contributed by atoms with E-state index in [0.717, 1.165) is 135 Å². The molecule has 90 heavy (non-hydrogen) atoms. The van der Waals surface area contributed by atoms with Crippen LogP contribution in [0.25, 0.3) is 0 Å². The number of esters is 2. The van der Waals surface area contributed by atoms with Crippen LogP contribution in [0.15, 0.2) is 182 Å². The predicted octanol–water partition coefficient (Wildman–Crippen LogP) is 26.5. The highest BCUT2D eigenvalue weighted by Crippen LogP contribution is 2.17. The Balaban J connectivity index is 3.51. The Bertz CT molecular complexity index is 1990. The molecule has 0 fully saturated rings. The third-order valence-corrected chi connectivity index (χ3v) is 15.7. The van der Waals surface area contributed by atoms with Crippen molar-refractivity contribution in [3.05, 3.63) is 182 Å². The van der Waals surface area contributed by atoms with Crippen molar-refractivity contribution in [3.8, 4) is 0 Å². The summed E-state index contributed by atoms with van der Waals surface area (Å²) < 4.78 is 10.8. The summed E-state index contributed by atoms with van der Waals surface area (Å²) in [6.45, 7) is 3.92. The average Bonchev–Trinajstić information content (AvgIpc) is 3.58. The molecule has 1 N–H and O–H groups in total. The van der Waals surface area contributed by atoms with Gasteiger partial charge in [0.05, 0.1) is 6.61 Å². The Morgan fingerprint density at radius 3 is 0.667 bits per heavy atom. The number of aliphatic hydroxyl groups excluding tert-OH is 1. The molecule has 0 bridgehead atoms. The van der Waals surface area contributed by atoms with Crippen LogP contribution in [0.1, 0.15) is 322 Å². The SMILES string of the molecule is CC/C=C\C/C=C\C/C=C\C/C=C\C/C=C\C/C=C\C/C=C\C/C=C\CCCCCCCCCCCCC(=O)OC(CO)COC(=O)CCCCCCCCCCCCCCCCCCCCC/C=C\C/C=C\C/C=C\C/C=C\C/C=C\C/C=C\C/C=C\CC. The molecule has 5 heteroatoms. The van der Waals surface area contributed by atoms with E-state index >= 15 is 0 Å². The summed E-state index contributed by atoms with van der Waals surface area (Å²) in [7, 11) is 0. The minimum Gasteiger partial charge on any atom is -0.462 e. The van der Waals surface area contributed by atoms with E-state index in [-0.39, 0.29) is 25.2 Å². The van der Waals surface area contributed by atoms with Crippen LogP contribution in [0.4, 0.5) is 0 Å². The third kappa shape index (κ3) is 75.5. The number of carbonyl (C=O) groups excluding carboxylic acids is 2. The lowest BCUT2D eigenvalue weighted by Crippen LogP contribution is -2.28. The molecular formula is C85H138O5. The molecule has 0 aliphatic rings. The van der Waals surface area contributed by atoms with E-state index in [1.165, 1.54) is 161 Å². The maximum absolute atomic E-state index is 12.4. The van der Waals surface area contributed by atoms with Crippen LogP contribution in [0, 0.1) is 0 Å². The van der Waals surface area contributed by atoms with Gasteiger partial charge in [-0.15, -0.1) is 0 Å². The van der Waals surface area contributed by atoms with Gasteiger partial charge in [0, 0.05) is 12.8 Å². The lowest BCUT2D eigenvalue weighted by Gasteiger charge is -2.15. The molecule has 1 atom stereocenters. The highest BCUT2D eigenvalue weighted by Gasteiger charge is 2.16. The van der Waals surface area contributed by atoms with Gasteiger partial charge in [-0.3, -0.25) is 9.59 Å². The topological polar surface area (TPSA) is 72.8 Å². The van der Waals surface area contributed by atoms with E-state index in [0.29, 0.717) is 12.8 Å². The van der Waals surface area contributed by atoms with Gasteiger partial charge in [-0.1, -0.05) is 357 Å². The molecule has 0 heterocycles. The molecule has 0 amide bonds. The Morgan fingerprint density at radius 1 is 0.256 bits per heavy atom. The van der Waals surface area contributed by atoms with Crippen LogP contribution in [-0.2, 0) is 19.1 Å². The van der Waals surface area contributed by atoms with Crippen LogP contribution in [-0.4, -0.2) is 36.4 Å². The standard InChI is InChI=1S/C85H138O5/c1-3-5-7-9-11-13-15-17-19-21-23-25-27-29-31-33-35-37-39-40-41-42-43-44-46-47-49-51-53-55-57-59-61-63-65-67-69-71-73-75-77-79-84(87)89-82-83(81-86)90-85(88)80-78-76-74-72-70-68-66-64-62-60-58-56-54-52-50-48-45-38-36-34-32-30-28-26-24-22-20-18-16-14-12-10-8-6-4-2/h5-8,11-14,17-20,23-26,29-32,35-38,40-41,48,50,54,56,83,86H,3-4,9-10,15-16,21-22,27-28,33-34,39,42-47,49,51-53,55,57-82H2,1-2H3/b7-5-,8-6-,13-11-,14-12-,19-17-,20-18-,25-23-,26-24-,31-29-,32-30-,37-35-,38-36-,41-40-,50-48-,56-54-. The predicted molar refractivity (Wildman–Crippen MR) is 398 cm³/mol. The molecule has 0 aromatic rings. The number of hydrogen-bond acceptors (Lipinski definition) is 5. The van der Waals surface area contributed by atoms with Gasteiger partial charge in [0.1, 0.15) is 6.61 Å². The Morgan fingerprint density at radius 2 is 0.444 bits per heavy atom. The third-order valence-electron chi connectivity index (χ3n) is 15.7. The van der Waals surface area contributed by atoms with E-state index in [9.17, 15) is 14.7 Å². The first-order chi connectivity index (χ1) is 44.6. The molecule has 0 saturated heterocycles. The van der Waals surface area contributed by atoms with Gasteiger partial charge in [0.2, 0.25) is 0 Å². The number of hydrogen-bond donors (Lipinski definition) is 1. The first kappa shape index (κ1) is 85.0. The van der Waals surface area contributed by atoms with Crippen molar-refractivity contribution < 1.29 is 24.2 Å². The Labute approximate surface area is 556 Å². The van der Waals surface area contributed by atoms with Crippen molar-refractivity contribution in [1.82, 2.24) is 0 Å². The first-order valence-corrected chi connectivity index (χ1v) is 37.3. The van der Waals surface area contributed by atoms with Crippen LogP contribution in [0.3, 0.4) is 0 Å². The van der Waals surface area contributed by atoms with E-state index in [1.807, 2.05) is 0 Å². The Hall–Kier alpha value is -5.00. The van der Waals surface area contributed by atoms with Crippen LogP contribution in [0.2, 0.25) is 0 Å².